The Labute approximate surface area is 55.5 Å². The minimum Gasteiger partial charge on any atom is -0.390 e. The van der Waals surface area contributed by atoms with Gasteiger partial charge in [-0.1, -0.05) is 0 Å². The molecule has 1 unspecified atom stereocenters. The van der Waals surface area contributed by atoms with Gasteiger partial charge in [0.1, 0.15) is 0 Å². The second-order valence-electron chi connectivity index (χ2n) is 3.02. The van der Waals surface area contributed by atoms with Crippen LogP contribution in [0.15, 0.2) is 11.8 Å². The van der Waals surface area contributed by atoms with Crippen molar-refractivity contribution >= 4 is 0 Å². The molecule has 0 aromatic rings. The van der Waals surface area contributed by atoms with Crippen LogP contribution in [0.2, 0.25) is 0 Å². The third-order valence-corrected chi connectivity index (χ3v) is 2.16. The van der Waals surface area contributed by atoms with Gasteiger partial charge in [0.05, 0.1) is 0 Å². The Bertz CT molecular complexity index is 151. The molecule has 0 bridgehead atoms. The second-order valence-corrected chi connectivity index (χ2v) is 3.02. The van der Waals surface area contributed by atoms with Crippen LogP contribution in [0.3, 0.4) is 0 Å². The maximum Gasteiger partial charge on any atom is 0.0220 e. The lowest BCUT2D eigenvalue weighted by Gasteiger charge is -2.06. The van der Waals surface area contributed by atoms with Gasteiger partial charge in [-0.3, -0.25) is 0 Å². The second kappa shape index (κ2) is 1.74. The summed E-state index contributed by atoms with van der Waals surface area (Å²) < 4.78 is 0. The van der Waals surface area contributed by atoms with Gasteiger partial charge in [0.2, 0.25) is 0 Å². The van der Waals surface area contributed by atoms with Gasteiger partial charge in [0, 0.05) is 25.6 Å². The van der Waals surface area contributed by atoms with Crippen molar-refractivity contribution in [2.24, 2.45) is 5.92 Å². The Morgan fingerprint density at radius 3 is 3.44 bits per heavy atom. The molecule has 2 heterocycles. The van der Waals surface area contributed by atoms with Crippen molar-refractivity contribution in [3.63, 3.8) is 0 Å². The molecule has 50 valence electrons. The molecule has 0 spiro atoms. The molecule has 1 atom stereocenters. The normalized spacial score (nSPS) is 33.9. The summed E-state index contributed by atoms with van der Waals surface area (Å²) in [4.78, 5) is 2.37. The number of hydrogen-bond acceptors (Lipinski definition) is 2. The molecule has 0 aromatic heterocycles. The summed E-state index contributed by atoms with van der Waals surface area (Å²) in [5.74, 6) is 0.829. The molecule has 2 aliphatic rings. The molecular formula is C7H12N2. The first kappa shape index (κ1) is 5.30. The zero-order chi connectivity index (χ0) is 6.27. The minimum atomic E-state index is 0.829. The third-order valence-electron chi connectivity index (χ3n) is 2.16. The molecule has 1 saturated heterocycles. The number of fused-ring (bicyclic) bond motifs is 1. The van der Waals surface area contributed by atoms with Crippen molar-refractivity contribution in [2.75, 3.05) is 26.7 Å². The van der Waals surface area contributed by atoms with Gasteiger partial charge in [-0.2, -0.15) is 0 Å². The van der Waals surface area contributed by atoms with Crippen molar-refractivity contribution in [1.29, 1.82) is 0 Å². The first-order chi connectivity index (χ1) is 4.36. The summed E-state index contributed by atoms with van der Waals surface area (Å²) in [5.41, 5.74) is 1.59. The van der Waals surface area contributed by atoms with Gasteiger partial charge in [0.15, 0.2) is 0 Å². The number of likely N-dealkylation sites (N-methyl/N-ethyl adjacent to an activating group) is 1. The summed E-state index contributed by atoms with van der Waals surface area (Å²) in [5, 5.41) is 3.26. The SMILES string of the molecule is CN1CC2=CNCC2C1. The van der Waals surface area contributed by atoms with Crippen LogP contribution in [0, 0.1) is 5.92 Å². The lowest BCUT2D eigenvalue weighted by Crippen LogP contribution is -2.19. The Balaban J connectivity index is 2.15. The van der Waals surface area contributed by atoms with Gasteiger partial charge in [-0.25, -0.2) is 0 Å². The molecule has 0 saturated carbocycles. The predicted octanol–water partition coefficient (Wildman–Crippen LogP) is 0.0351. The van der Waals surface area contributed by atoms with Crippen LogP contribution in [0.1, 0.15) is 0 Å². The molecule has 0 amide bonds. The number of rotatable bonds is 0. The number of likely N-dealkylation sites (tertiary alicyclic amines) is 1. The molecule has 1 fully saturated rings. The highest BCUT2D eigenvalue weighted by molar-refractivity contribution is 5.18. The Hall–Kier alpha value is -0.500. The number of nitrogens with one attached hydrogen (secondary N) is 1. The van der Waals surface area contributed by atoms with Gasteiger partial charge < -0.3 is 10.2 Å². The highest BCUT2D eigenvalue weighted by Crippen LogP contribution is 2.22. The van der Waals surface area contributed by atoms with Gasteiger partial charge in [-0.15, -0.1) is 0 Å². The minimum absolute atomic E-state index is 0.829. The fourth-order valence-electron chi connectivity index (χ4n) is 1.69. The van der Waals surface area contributed by atoms with Crippen LogP contribution in [-0.2, 0) is 0 Å². The monoisotopic (exact) mass is 124 g/mol. The molecule has 1 N–H and O–H groups in total. The van der Waals surface area contributed by atoms with E-state index in [0.717, 1.165) is 5.92 Å². The quantitative estimate of drug-likeness (QED) is 0.490. The molecule has 2 aliphatic heterocycles. The van der Waals surface area contributed by atoms with E-state index in [1.807, 2.05) is 0 Å². The van der Waals surface area contributed by atoms with Crippen LogP contribution >= 0.6 is 0 Å². The van der Waals surface area contributed by atoms with Crippen LogP contribution in [0.5, 0.6) is 0 Å². The van der Waals surface area contributed by atoms with E-state index < -0.39 is 0 Å². The average molecular weight is 124 g/mol. The van der Waals surface area contributed by atoms with E-state index in [9.17, 15) is 0 Å². The van der Waals surface area contributed by atoms with Crippen LogP contribution in [0.25, 0.3) is 0 Å². The van der Waals surface area contributed by atoms with E-state index in [0.29, 0.717) is 0 Å². The van der Waals surface area contributed by atoms with Crippen molar-refractivity contribution < 1.29 is 0 Å². The van der Waals surface area contributed by atoms with Gasteiger partial charge in [0.25, 0.3) is 0 Å². The topological polar surface area (TPSA) is 15.3 Å². The molecule has 2 rings (SSSR count). The maximum atomic E-state index is 3.26. The van der Waals surface area contributed by atoms with E-state index >= 15 is 0 Å². The average Bonchev–Trinajstić information content (AvgIpc) is 2.22. The third kappa shape index (κ3) is 0.741. The van der Waals surface area contributed by atoms with Gasteiger partial charge in [-0.05, 0) is 18.8 Å². The van der Waals surface area contributed by atoms with E-state index in [1.54, 1.807) is 5.57 Å². The standard InChI is InChI=1S/C7H12N2/c1-9-4-6-2-8-3-7(6)5-9/h2,7-8H,3-5H2,1H3. The lowest BCUT2D eigenvalue weighted by atomic mass is 10.1. The van der Waals surface area contributed by atoms with E-state index in [-0.39, 0.29) is 0 Å². The zero-order valence-corrected chi connectivity index (χ0v) is 5.72. The van der Waals surface area contributed by atoms with Crippen molar-refractivity contribution in [1.82, 2.24) is 10.2 Å². The maximum absolute atomic E-state index is 3.26. The van der Waals surface area contributed by atoms with Gasteiger partial charge >= 0.3 is 0 Å². The van der Waals surface area contributed by atoms with E-state index in [2.05, 4.69) is 23.5 Å². The molecular weight excluding hydrogens is 112 g/mol. The Kier molecular flexibility index (Phi) is 1.02. The summed E-state index contributed by atoms with van der Waals surface area (Å²) in [6.45, 7) is 3.59. The molecule has 2 heteroatoms. The van der Waals surface area contributed by atoms with Crippen LogP contribution < -0.4 is 5.32 Å². The fourth-order valence-corrected chi connectivity index (χ4v) is 1.69. The lowest BCUT2D eigenvalue weighted by molar-refractivity contribution is 0.393. The zero-order valence-electron chi connectivity index (χ0n) is 5.72. The fraction of sp³-hybridized carbons (Fsp3) is 0.714. The summed E-state index contributed by atoms with van der Waals surface area (Å²) in [6, 6.07) is 0. The van der Waals surface area contributed by atoms with Crippen molar-refractivity contribution in [3.8, 4) is 0 Å². The highest BCUT2D eigenvalue weighted by atomic mass is 15.1. The number of nitrogens with zero attached hydrogens (tertiary/aromatic N) is 1. The summed E-state index contributed by atoms with van der Waals surface area (Å²) in [6.07, 6.45) is 2.17. The van der Waals surface area contributed by atoms with E-state index in [4.69, 9.17) is 0 Å². The van der Waals surface area contributed by atoms with E-state index in [1.165, 1.54) is 19.6 Å². The predicted molar refractivity (Wildman–Crippen MR) is 37.1 cm³/mol. The Morgan fingerprint density at radius 1 is 1.78 bits per heavy atom. The number of hydrogen-bond donors (Lipinski definition) is 1. The molecule has 0 aromatic carbocycles. The molecule has 0 radical (unpaired) electrons. The smallest absolute Gasteiger partial charge is 0.0220 e. The summed E-state index contributed by atoms with van der Waals surface area (Å²) in [7, 11) is 2.18. The molecule has 0 aliphatic carbocycles. The largest absolute Gasteiger partial charge is 0.390 e. The molecule has 2 nitrogen and oxygen atoms in total. The molecule has 9 heavy (non-hydrogen) atoms. The Morgan fingerprint density at radius 2 is 2.67 bits per heavy atom. The van der Waals surface area contributed by atoms with Crippen LogP contribution in [0.4, 0.5) is 0 Å². The van der Waals surface area contributed by atoms with Crippen molar-refractivity contribution in [3.05, 3.63) is 11.8 Å². The van der Waals surface area contributed by atoms with Crippen molar-refractivity contribution in [2.45, 2.75) is 0 Å². The van der Waals surface area contributed by atoms with Crippen LogP contribution in [-0.4, -0.2) is 31.6 Å². The first-order valence-electron chi connectivity index (χ1n) is 3.47. The highest BCUT2D eigenvalue weighted by Gasteiger charge is 2.27. The first-order valence-corrected chi connectivity index (χ1v) is 3.47. The summed E-state index contributed by atoms with van der Waals surface area (Å²) >= 11 is 0.